The molecule has 0 bridgehead atoms. The van der Waals surface area contributed by atoms with Gasteiger partial charge in [-0.15, -0.1) is 0 Å². The van der Waals surface area contributed by atoms with E-state index in [0.29, 0.717) is 40.6 Å². The van der Waals surface area contributed by atoms with Crippen molar-refractivity contribution < 1.29 is 18.4 Å². The van der Waals surface area contributed by atoms with Crippen molar-refractivity contribution in [3.8, 4) is 0 Å². The third-order valence-corrected chi connectivity index (χ3v) is 5.49. The molecule has 2 amide bonds. The van der Waals surface area contributed by atoms with E-state index in [1.54, 1.807) is 37.4 Å². The van der Waals surface area contributed by atoms with Crippen LogP contribution in [-0.2, 0) is 9.59 Å². The number of halogens is 2. The summed E-state index contributed by atoms with van der Waals surface area (Å²) in [4.78, 5) is 33.6. The molecule has 1 aliphatic carbocycles. The minimum absolute atomic E-state index is 0.0399. The molecule has 1 aromatic heterocycles. The van der Waals surface area contributed by atoms with E-state index >= 15 is 0 Å². The predicted octanol–water partition coefficient (Wildman–Crippen LogP) is 5.04. The molecule has 1 saturated carbocycles. The number of nitrogens with one attached hydrogen (secondary N) is 2. The maximum absolute atomic E-state index is 14.5. The normalized spacial score (nSPS) is 13.8. The third-order valence-electron chi connectivity index (χ3n) is 5.49. The Balaban J connectivity index is 0.00000153. The molecule has 0 aliphatic heterocycles. The molecule has 1 aromatic carbocycles. The lowest BCUT2D eigenvalue weighted by molar-refractivity contribution is -0.117. The van der Waals surface area contributed by atoms with Gasteiger partial charge in [-0.1, -0.05) is 6.08 Å². The molecule has 0 atom stereocenters. The number of primary amides is 1. The molecule has 1 heterocycles. The predicted molar refractivity (Wildman–Crippen MR) is 145 cm³/mol. The maximum Gasteiger partial charge on any atom is 0.228 e. The van der Waals surface area contributed by atoms with Gasteiger partial charge >= 0.3 is 0 Å². The monoisotopic (exact) mass is 512 g/mol. The van der Waals surface area contributed by atoms with E-state index < -0.39 is 11.5 Å². The van der Waals surface area contributed by atoms with Gasteiger partial charge in [-0.3, -0.25) is 9.59 Å². The number of alkyl halides is 1. The van der Waals surface area contributed by atoms with Crippen molar-refractivity contribution in [2.24, 2.45) is 21.6 Å². The Labute approximate surface area is 216 Å². The molecular formula is C27H34F2N6O2. The van der Waals surface area contributed by atoms with E-state index in [4.69, 9.17) is 4.79 Å². The minimum atomic E-state index is -1.35. The molecule has 8 nitrogen and oxygen atoms in total. The summed E-state index contributed by atoms with van der Waals surface area (Å²) >= 11 is 0. The number of rotatable bonds is 9. The zero-order chi connectivity index (χ0) is 27.6. The van der Waals surface area contributed by atoms with Gasteiger partial charge in [0.05, 0.1) is 11.4 Å². The fourth-order valence-electron chi connectivity index (χ4n) is 3.38. The quantitative estimate of drug-likeness (QED) is 0.248. The molecule has 10 heteroatoms. The molecule has 0 spiro atoms. The number of amidine groups is 1. The number of aromatic nitrogens is 1. The van der Waals surface area contributed by atoms with E-state index in [-0.39, 0.29) is 30.3 Å². The van der Waals surface area contributed by atoms with Crippen molar-refractivity contribution in [1.29, 1.82) is 0 Å². The molecule has 37 heavy (non-hydrogen) atoms. The van der Waals surface area contributed by atoms with Crippen LogP contribution in [0.1, 0.15) is 56.7 Å². The summed E-state index contributed by atoms with van der Waals surface area (Å²) in [5.74, 6) is 0.375. The molecule has 198 valence electrons. The van der Waals surface area contributed by atoms with Crippen LogP contribution in [0, 0.1) is 18.7 Å². The van der Waals surface area contributed by atoms with Gasteiger partial charge in [-0.25, -0.2) is 23.7 Å². The van der Waals surface area contributed by atoms with Crippen LogP contribution in [0.5, 0.6) is 0 Å². The molecule has 0 unspecified atom stereocenters. The molecule has 4 N–H and O–H groups in total. The number of aryl methyl sites for hydroxylation is 1. The molecule has 2 aromatic rings. The second kappa shape index (κ2) is 13.4. The standard InChI is InChI=1S/C26H31F2N5O.CH3NO/c1-6-21(19-15-22(20(27)13-16(19)2)30-12-10-26(3,4)28)32-24(29-5)18-9-11-31-23(14-18)33-25(34)17-7-8-17;2-1-3/h6,9,11,13-15,17,30H,5,7-8,10,12H2,1-4H3,(H,31,33,34);1H,(H2,2,3)/b21-6-,32-24?;. The van der Waals surface area contributed by atoms with Gasteiger partial charge in [0, 0.05) is 29.8 Å². The number of aliphatic imine (C=N–C) groups is 2. The van der Waals surface area contributed by atoms with Gasteiger partial charge < -0.3 is 16.4 Å². The summed E-state index contributed by atoms with van der Waals surface area (Å²) in [6.07, 6.45) is 5.67. The van der Waals surface area contributed by atoms with Crippen molar-refractivity contribution >= 4 is 42.1 Å². The Morgan fingerprint density at radius 2 is 2.00 bits per heavy atom. The fraction of sp³-hybridized carbons (Fsp3) is 0.370. The molecular weight excluding hydrogens is 478 g/mol. The molecule has 0 saturated heterocycles. The highest BCUT2D eigenvalue weighted by atomic mass is 19.1. The number of amides is 2. The number of carbonyl (C=O) groups is 2. The minimum Gasteiger partial charge on any atom is -0.383 e. The van der Waals surface area contributed by atoms with E-state index in [9.17, 15) is 13.6 Å². The van der Waals surface area contributed by atoms with Crippen LogP contribution in [0.4, 0.5) is 20.3 Å². The van der Waals surface area contributed by atoms with Crippen molar-refractivity contribution in [2.75, 3.05) is 17.2 Å². The molecule has 1 fully saturated rings. The number of benzene rings is 1. The first-order chi connectivity index (χ1) is 17.5. The van der Waals surface area contributed by atoms with Crippen LogP contribution in [0.25, 0.3) is 5.70 Å². The third kappa shape index (κ3) is 9.21. The number of anilines is 2. The Morgan fingerprint density at radius 3 is 2.57 bits per heavy atom. The van der Waals surface area contributed by atoms with Gasteiger partial charge in [-0.05, 0) is 83.5 Å². The topological polar surface area (TPSA) is 122 Å². The van der Waals surface area contributed by atoms with E-state index in [1.165, 1.54) is 19.9 Å². The Hall–Kier alpha value is -3.95. The number of nitrogens with two attached hydrogens (primary N) is 1. The average Bonchev–Trinajstić information content (AvgIpc) is 3.67. The Kier molecular flexibility index (Phi) is 10.6. The maximum atomic E-state index is 14.5. The highest BCUT2D eigenvalue weighted by Gasteiger charge is 2.29. The van der Waals surface area contributed by atoms with E-state index in [0.717, 1.165) is 12.8 Å². The Morgan fingerprint density at radius 1 is 1.32 bits per heavy atom. The van der Waals surface area contributed by atoms with Crippen molar-refractivity contribution in [3.05, 3.63) is 59.0 Å². The van der Waals surface area contributed by atoms with Crippen molar-refractivity contribution in [2.45, 2.75) is 52.6 Å². The zero-order valence-electron chi connectivity index (χ0n) is 21.6. The summed E-state index contributed by atoms with van der Waals surface area (Å²) in [6, 6.07) is 6.53. The first kappa shape index (κ1) is 29.3. The smallest absolute Gasteiger partial charge is 0.228 e. The first-order valence-electron chi connectivity index (χ1n) is 11.9. The highest BCUT2D eigenvalue weighted by molar-refractivity contribution is 6.05. The molecule has 0 radical (unpaired) electrons. The van der Waals surface area contributed by atoms with Crippen LogP contribution in [0.2, 0.25) is 0 Å². The Bertz CT molecular complexity index is 1180. The SMILES string of the molecule is C=NC(=N/C(=C\C)c1cc(NCCC(C)(C)F)c(F)cc1C)c1ccnc(NC(=O)C2CC2)c1.NC=O. The van der Waals surface area contributed by atoms with Gasteiger partial charge in [0.15, 0.2) is 5.84 Å². The largest absolute Gasteiger partial charge is 0.383 e. The number of hydrogen-bond acceptors (Lipinski definition) is 5. The van der Waals surface area contributed by atoms with Gasteiger partial charge in [0.25, 0.3) is 0 Å². The first-order valence-corrected chi connectivity index (χ1v) is 11.9. The highest BCUT2D eigenvalue weighted by Crippen LogP contribution is 2.30. The van der Waals surface area contributed by atoms with Gasteiger partial charge in [0.2, 0.25) is 12.3 Å². The van der Waals surface area contributed by atoms with Crippen LogP contribution in [0.3, 0.4) is 0 Å². The number of hydrogen-bond donors (Lipinski definition) is 3. The summed E-state index contributed by atoms with van der Waals surface area (Å²) in [5.41, 5.74) is 5.72. The lowest BCUT2D eigenvalue weighted by Gasteiger charge is -2.17. The lowest BCUT2D eigenvalue weighted by Crippen LogP contribution is -2.18. The van der Waals surface area contributed by atoms with Crippen molar-refractivity contribution in [3.63, 3.8) is 0 Å². The second-order valence-corrected chi connectivity index (χ2v) is 9.14. The number of allylic oxidation sites excluding steroid dienone is 1. The van der Waals surface area contributed by atoms with E-state index in [1.807, 2.05) is 6.92 Å². The number of pyridine rings is 1. The molecule has 1 aliphatic rings. The van der Waals surface area contributed by atoms with Crippen LogP contribution in [0.15, 0.2) is 46.5 Å². The average molecular weight is 513 g/mol. The summed E-state index contributed by atoms with van der Waals surface area (Å²) in [6.45, 7) is 10.5. The fourth-order valence-corrected chi connectivity index (χ4v) is 3.38. The van der Waals surface area contributed by atoms with Crippen LogP contribution in [-0.4, -0.2) is 42.1 Å². The molecule has 3 rings (SSSR count). The van der Waals surface area contributed by atoms with Gasteiger partial charge in [0.1, 0.15) is 17.3 Å². The summed E-state index contributed by atoms with van der Waals surface area (Å²) < 4.78 is 28.3. The van der Waals surface area contributed by atoms with Crippen molar-refractivity contribution in [1.82, 2.24) is 4.98 Å². The van der Waals surface area contributed by atoms with Crippen LogP contribution >= 0.6 is 0 Å². The van der Waals surface area contributed by atoms with Gasteiger partial charge in [-0.2, -0.15) is 0 Å². The summed E-state index contributed by atoms with van der Waals surface area (Å²) in [7, 11) is 0. The second-order valence-electron chi connectivity index (χ2n) is 9.14. The summed E-state index contributed by atoms with van der Waals surface area (Å²) in [5, 5.41) is 5.80. The number of nitrogens with zero attached hydrogens (tertiary/aromatic N) is 3. The zero-order valence-corrected chi connectivity index (χ0v) is 21.6. The lowest BCUT2D eigenvalue weighted by atomic mass is 10.0. The van der Waals surface area contributed by atoms with Crippen LogP contribution < -0.4 is 16.4 Å². The number of carbonyl (C=O) groups excluding carboxylic acids is 2. The van der Waals surface area contributed by atoms with E-state index in [2.05, 4.69) is 38.1 Å².